The van der Waals surface area contributed by atoms with Gasteiger partial charge in [-0.25, -0.2) is 18.6 Å². The first-order chi connectivity index (χ1) is 13.9. The Bertz CT molecular complexity index is 1010. The van der Waals surface area contributed by atoms with E-state index >= 15 is 0 Å². The molecule has 1 fully saturated rings. The van der Waals surface area contributed by atoms with Gasteiger partial charge in [0.25, 0.3) is 0 Å². The molecule has 2 aromatic rings. The standard InChI is InChI=1S/C17H14ClF5N4O2S/c1-16(13(28)25-4-5-27(16)15(24)29)10(7-2-3-8(19)11(18)12(7)20)9-6-26-14(30-9)17(21,22)23/h2-3,6,10H,4-5H2,1H3,(H2,24,29)(H,25,28)/t10-,16?/m0/s1. The number of hydrogen-bond acceptors (Lipinski definition) is 4. The number of urea groups is 1. The molecule has 1 aromatic heterocycles. The van der Waals surface area contributed by atoms with Gasteiger partial charge in [0, 0.05) is 29.7 Å². The van der Waals surface area contributed by atoms with Gasteiger partial charge in [-0.3, -0.25) is 4.79 Å². The molecule has 0 saturated carbocycles. The Hall–Kier alpha value is -2.47. The Balaban J connectivity index is 2.30. The maximum atomic E-state index is 14.9. The van der Waals surface area contributed by atoms with Gasteiger partial charge in [-0.2, -0.15) is 13.2 Å². The Morgan fingerprint density at radius 1 is 1.40 bits per heavy atom. The van der Waals surface area contributed by atoms with Crippen LogP contribution in [0.25, 0.3) is 0 Å². The lowest BCUT2D eigenvalue weighted by molar-refractivity contribution is -0.137. The predicted molar refractivity (Wildman–Crippen MR) is 98.0 cm³/mol. The fourth-order valence-corrected chi connectivity index (χ4v) is 4.69. The molecule has 13 heteroatoms. The minimum Gasteiger partial charge on any atom is -0.352 e. The average molecular weight is 469 g/mol. The molecule has 3 rings (SSSR count). The van der Waals surface area contributed by atoms with Crippen LogP contribution in [0.1, 0.15) is 28.3 Å². The van der Waals surface area contributed by atoms with E-state index < -0.39 is 51.2 Å². The number of piperazine rings is 1. The summed E-state index contributed by atoms with van der Waals surface area (Å²) in [5.74, 6) is -4.65. The van der Waals surface area contributed by atoms with E-state index in [4.69, 9.17) is 17.3 Å². The molecule has 1 unspecified atom stereocenters. The molecule has 1 aliphatic rings. The first-order valence-corrected chi connectivity index (χ1v) is 9.60. The number of halogens is 6. The number of carbonyl (C=O) groups is 2. The smallest absolute Gasteiger partial charge is 0.352 e. The lowest BCUT2D eigenvalue weighted by Crippen LogP contribution is -2.68. The number of amides is 3. The van der Waals surface area contributed by atoms with E-state index in [2.05, 4.69) is 10.3 Å². The number of aromatic nitrogens is 1. The number of benzene rings is 1. The molecule has 0 radical (unpaired) electrons. The highest BCUT2D eigenvalue weighted by atomic mass is 35.5. The van der Waals surface area contributed by atoms with E-state index in [1.54, 1.807) is 0 Å². The molecule has 2 heterocycles. The van der Waals surface area contributed by atoms with Crippen LogP contribution in [0.4, 0.5) is 26.7 Å². The summed E-state index contributed by atoms with van der Waals surface area (Å²) in [6.07, 6.45) is -3.95. The zero-order chi connectivity index (χ0) is 22.4. The molecule has 6 nitrogen and oxygen atoms in total. The second kappa shape index (κ2) is 7.65. The van der Waals surface area contributed by atoms with E-state index in [9.17, 15) is 31.5 Å². The summed E-state index contributed by atoms with van der Waals surface area (Å²) in [5.41, 5.74) is 3.07. The van der Waals surface area contributed by atoms with E-state index in [1.807, 2.05) is 0 Å². The van der Waals surface area contributed by atoms with E-state index in [-0.39, 0.29) is 34.9 Å². The van der Waals surface area contributed by atoms with E-state index in [1.165, 1.54) is 6.92 Å². The summed E-state index contributed by atoms with van der Waals surface area (Å²) in [7, 11) is 0. The third-order valence-corrected chi connectivity index (χ3v) is 6.35. The van der Waals surface area contributed by atoms with Crippen LogP contribution in [0.3, 0.4) is 0 Å². The van der Waals surface area contributed by atoms with Gasteiger partial charge in [-0.1, -0.05) is 17.7 Å². The van der Waals surface area contributed by atoms with Gasteiger partial charge in [-0.05, 0) is 13.0 Å². The van der Waals surface area contributed by atoms with Crippen molar-refractivity contribution in [1.29, 1.82) is 0 Å². The van der Waals surface area contributed by atoms with Crippen molar-refractivity contribution in [2.45, 2.75) is 24.6 Å². The second-order valence-corrected chi connectivity index (χ2v) is 8.10. The molecule has 1 aromatic carbocycles. The van der Waals surface area contributed by atoms with Crippen molar-refractivity contribution in [2.75, 3.05) is 13.1 Å². The first-order valence-electron chi connectivity index (χ1n) is 8.40. The minimum atomic E-state index is -4.79. The quantitative estimate of drug-likeness (QED) is 0.534. The molecule has 1 saturated heterocycles. The predicted octanol–water partition coefficient (Wildman–Crippen LogP) is 3.49. The number of carbonyl (C=O) groups excluding carboxylic acids is 2. The third-order valence-electron chi connectivity index (χ3n) is 4.90. The number of primary amides is 1. The van der Waals surface area contributed by atoms with Gasteiger partial charge >= 0.3 is 12.2 Å². The summed E-state index contributed by atoms with van der Waals surface area (Å²) in [6.45, 7) is 1.20. The van der Waals surface area contributed by atoms with Crippen LogP contribution < -0.4 is 11.1 Å². The fourth-order valence-electron chi connectivity index (χ4n) is 3.49. The van der Waals surface area contributed by atoms with Gasteiger partial charge in [0.15, 0.2) is 5.01 Å². The molecule has 0 spiro atoms. The van der Waals surface area contributed by atoms with Gasteiger partial charge < -0.3 is 16.0 Å². The zero-order valence-corrected chi connectivity index (χ0v) is 16.8. The summed E-state index contributed by atoms with van der Waals surface area (Å²) in [4.78, 5) is 29.0. The normalized spacial score (nSPS) is 20.8. The molecular formula is C17H14ClF5N4O2S. The molecule has 0 aliphatic carbocycles. The third kappa shape index (κ3) is 3.58. The van der Waals surface area contributed by atoms with Crippen LogP contribution >= 0.6 is 22.9 Å². The molecule has 162 valence electrons. The first kappa shape index (κ1) is 22.2. The zero-order valence-electron chi connectivity index (χ0n) is 15.2. The van der Waals surface area contributed by atoms with Crippen molar-refractivity contribution >= 4 is 34.9 Å². The van der Waals surface area contributed by atoms with Crippen molar-refractivity contribution in [3.63, 3.8) is 0 Å². The number of nitrogens with zero attached hydrogens (tertiary/aromatic N) is 2. The maximum absolute atomic E-state index is 14.9. The van der Waals surface area contributed by atoms with Crippen LogP contribution in [0.15, 0.2) is 18.3 Å². The molecule has 3 amide bonds. The van der Waals surface area contributed by atoms with Crippen molar-refractivity contribution in [2.24, 2.45) is 5.73 Å². The largest absolute Gasteiger partial charge is 0.443 e. The SMILES string of the molecule is CC1([C@H](c2cnc(C(F)(F)F)s2)c2ccc(F)c(Cl)c2F)C(=O)NCCN1C(N)=O. The monoisotopic (exact) mass is 468 g/mol. The van der Waals surface area contributed by atoms with Gasteiger partial charge in [0.05, 0.1) is 5.92 Å². The van der Waals surface area contributed by atoms with Crippen LogP contribution in [-0.4, -0.2) is 40.5 Å². The number of hydrogen-bond donors (Lipinski definition) is 2. The number of nitrogens with one attached hydrogen (secondary N) is 1. The minimum absolute atomic E-state index is 0.0350. The van der Waals surface area contributed by atoms with Crippen LogP contribution in [-0.2, 0) is 11.0 Å². The summed E-state index contributed by atoms with van der Waals surface area (Å²) in [5, 5.41) is 0.370. The molecule has 3 N–H and O–H groups in total. The lowest BCUT2D eigenvalue weighted by Gasteiger charge is -2.47. The van der Waals surface area contributed by atoms with Crippen LogP contribution in [0.2, 0.25) is 5.02 Å². The summed E-state index contributed by atoms with van der Waals surface area (Å²) >= 11 is 5.83. The highest BCUT2D eigenvalue weighted by molar-refractivity contribution is 7.11. The molecule has 0 bridgehead atoms. The average Bonchev–Trinajstić information content (AvgIpc) is 3.14. The van der Waals surface area contributed by atoms with Crippen molar-refractivity contribution in [1.82, 2.24) is 15.2 Å². The molecule has 2 atom stereocenters. The summed E-state index contributed by atoms with van der Waals surface area (Å²) < 4.78 is 68.0. The Kier molecular flexibility index (Phi) is 5.67. The Morgan fingerprint density at radius 3 is 2.63 bits per heavy atom. The number of thiazole rings is 1. The van der Waals surface area contributed by atoms with Crippen molar-refractivity contribution < 1.29 is 31.5 Å². The number of nitrogens with two attached hydrogens (primary N) is 1. The highest BCUT2D eigenvalue weighted by Crippen LogP contribution is 2.46. The van der Waals surface area contributed by atoms with Crippen molar-refractivity contribution in [3.05, 3.63) is 50.4 Å². The lowest BCUT2D eigenvalue weighted by atomic mass is 9.76. The number of rotatable bonds is 3. The van der Waals surface area contributed by atoms with E-state index in [0.29, 0.717) is 0 Å². The number of alkyl halides is 3. The highest BCUT2D eigenvalue weighted by Gasteiger charge is 2.53. The van der Waals surface area contributed by atoms with E-state index in [0.717, 1.165) is 23.2 Å². The molecule has 1 aliphatic heterocycles. The van der Waals surface area contributed by atoms with Gasteiger partial charge in [-0.15, -0.1) is 11.3 Å². The topological polar surface area (TPSA) is 88.3 Å². The van der Waals surface area contributed by atoms with Gasteiger partial charge in [0.2, 0.25) is 5.91 Å². The van der Waals surface area contributed by atoms with Crippen LogP contribution in [0, 0.1) is 11.6 Å². The molecular weight excluding hydrogens is 455 g/mol. The Labute approximate surface area is 175 Å². The maximum Gasteiger partial charge on any atom is 0.443 e. The van der Waals surface area contributed by atoms with Crippen molar-refractivity contribution in [3.8, 4) is 0 Å². The van der Waals surface area contributed by atoms with Crippen LogP contribution in [0.5, 0.6) is 0 Å². The second-order valence-electron chi connectivity index (χ2n) is 6.66. The fraction of sp³-hybridized carbons (Fsp3) is 0.353. The summed E-state index contributed by atoms with van der Waals surface area (Å²) in [6, 6.07) is 0.741. The molecule has 30 heavy (non-hydrogen) atoms. The Morgan fingerprint density at radius 2 is 2.07 bits per heavy atom. The van der Waals surface area contributed by atoms with Gasteiger partial charge in [0.1, 0.15) is 22.2 Å².